The first-order valence-corrected chi connectivity index (χ1v) is 7.29. The number of thioether (sulfide) groups is 1. The molecule has 2 N–H and O–H groups in total. The van der Waals surface area contributed by atoms with Gasteiger partial charge in [0.25, 0.3) is 5.89 Å². The van der Waals surface area contributed by atoms with E-state index in [2.05, 4.69) is 10.1 Å². The van der Waals surface area contributed by atoms with Crippen molar-refractivity contribution in [3.63, 3.8) is 0 Å². The molecule has 1 atom stereocenters. The number of nitrogen functional groups attached to an aromatic ring is 1. The molecule has 0 spiro atoms. The van der Waals surface area contributed by atoms with E-state index >= 15 is 0 Å². The molecule has 1 aliphatic heterocycles. The van der Waals surface area contributed by atoms with Gasteiger partial charge in [-0.3, -0.25) is 0 Å². The second-order valence-corrected chi connectivity index (χ2v) is 5.62. The summed E-state index contributed by atoms with van der Waals surface area (Å²) in [5.74, 6) is 3.04. The zero-order valence-corrected chi connectivity index (χ0v) is 11.4. The van der Waals surface area contributed by atoms with E-state index in [4.69, 9.17) is 15.0 Å². The highest BCUT2D eigenvalue weighted by Gasteiger charge is 2.22. The predicted octanol–water partition coefficient (Wildman–Crippen LogP) is 2.43. The molecular formula is C13H15N3O2S. The van der Waals surface area contributed by atoms with Crippen LogP contribution in [0.25, 0.3) is 11.5 Å². The van der Waals surface area contributed by atoms with Gasteiger partial charge in [0.1, 0.15) is 6.10 Å². The van der Waals surface area contributed by atoms with Crippen LogP contribution in [0.4, 0.5) is 5.69 Å². The quantitative estimate of drug-likeness (QED) is 0.850. The molecule has 1 unspecified atom stereocenters. The highest BCUT2D eigenvalue weighted by molar-refractivity contribution is 7.99. The maximum Gasteiger partial charge on any atom is 0.258 e. The molecule has 0 aliphatic carbocycles. The number of ether oxygens (including phenoxy) is 1. The molecular weight excluding hydrogens is 262 g/mol. The fourth-order valence-electron chi connectivity index (χ4n) is 2.04. The normalized spacial score (nSPS) is 19.5. The summed E-state index contributed by atoms with van der Waals surface area (Å²) in [7, 11) is 0. The zero-order chi connectivity index (χ0) is 13.2. The van der Waals surface area contributed by atoms with Gasteiger partial charge in [0.15, 0.2) is 0 Å². The van der Waals surface area contributed by atoms with Crippen molar-refractivity contribution >= 4 is 17.4 Å². The average Bonchev–Trinajstić information content (AvgIpc) is 2.89. The predicted molar refractivity (Wildman–Crippen MR) is 74.9 cm³/mol. The van der Waals surface area contributed by atoms with Crippen LogP contribution in [0.1, 0.15) is 17.5 Å². The Bertz CT molecular complexity index is 579. The average molecular weight is 277 g/mol. The molecule has 0 bridgehead atoms. The van der Waals surface area contributed by atoms with Crippen LogP contribution in [-0.4, -0.2) is 28.3 Å². The number of hydrogen-bond donors (Lipinski definition) is 1. The topological polar surface area (TPSA) is 74.2 Å². The van der Waals surface area contributed by atoms with Crippen molar-refractivity contribution in [1.29, 1.82) is 0 Å². The van der Waals surface area contributed by atoms with Gasteiger partial charge in [-0.25, -0.2) is 0 Å². The van der Waals surface area contributed by atoms with Crippen molar-refractivity contribution in [1.82, 2.24) is 10.1 Å². The molecule has 1 aliphatic rings. The molecule has 3 rings (SSSR count). The van der Waals surface area contributed by atoms with Gasteiger partial charge in [-0.1, -0.05) is 5.16 Å². The van der Waals surface area contributed by atoms with Crippen molar-refractivity contribution in [2.45, 2.75) is 13.0 Å². The third kappa shape index (κ3) is 2.59. The van der Waals surface area contributed by atoms with Gasteiger partial charge >= 0.3 is 0 Å². The van der Waals surface area contributed by atoms with Gasteiger partial charge in [-0.2, -0.15) is 16.7 Å². The van der Waals surface area contributed by atoms with Crippen molar-refractivity contribution in [3.8, 4) is 11.5 Å². The summed E-state index contributed by atoms with van der Waals surface area (Å²) < 4.78 is 11.0. The van der Waals surface area contributed by atoms with Crippen LogP contribution < -0.4 is 5.73 Å². The van der Waals surface area contributed by atoms with Gasteiger partial charge in [0, 0.05) is 22.8 Å². The van der Waals surface area contributed by atoms with Crippen LogP contribution in [0.5, 0.6) is 0 Å². The molecule has 1 aromatic carbocycles. The Balaban J connectivity index is 1.87. The number of nitrogens with two attached hydrogens (primary N) is 1. The van der Waals surface area contributed by atoms with Crippen LogP contribution in [-0.2, 0) is 4.74 Å². The zero-order valence-electron chi connectivity index (χ0n) is 10.6. The molecule has 0 saturated carbocycles. The lowest BCUT2D eigenvalue weighted by Gasteiger charge is -2.18. The third-order valence-electron chi connectivity index (χ3n) is 3.03. The molecule has 19 heavy (non-hydrogen) atoms. The summed E-state index contributed by atoms with van der Waals surface area (Å²) >= 11 is 1.84. The number of hydrogen-bond acceptors (Lipinski definition) is 6. The van der Waals surface area contributed by atoms with Crippen LogP contribution in [0, 0.1) is 6.92 Å². The van der Waals surface area contributed by atoms with Gasteiger partial charge in [-0.05, 0) is 30.7 Å². The Hall–Kier alpha value is -1.53. The fraction of sp³-hybridized carbons (Fsp3) is 0.385. The van der Waals surface area contributed by atoms with Crippen LogP contribution in [0.15, 0.2) is 22.7 Å². The van der Waals surface area contributed by atoms with Crippen LogP contribution in [0.3, 0.4) is 0 Å². The third-order valence-corrected chi connectivity index (χ3v) is 4.02. The maximum atomic E-state index is 5.74. The van der Waals surface area contributed by atoms with Gasteiger partial charge in [0.2, 0.25) is 5.82 Å². The fourth-order valence-corrected chi connectivity index (χ4v) is 2.88. The number of aryl methyl sites for hydroxylation is 1. The first kappa shape index (κ1) is 12.5. The van der Waals surface area contributed by atoms with Gasteiger partial charge in [0.05, 0.1) is 6.61 Å². The number of anilines is 1. The van der Waals surface area contributed by atoms with Crippen molar-refractivity contribution in [2.24, 2.45) is 0 Å². The van der Waals surface area contributed by atoms with Gasteiger partial charge in [-0.15, -0.1) is 0 Å². The summed E-state index contributed by atoms with van der Waals surface area (Å²) in [5, 5.41) is 4.02. The van der Waals surface area contributed by atoms with Crippen molar-refractivity contribution in [3.05, 3.63) is 29.6 Å². The highest BCUT2D eigenvalue weighted by atomic mass is 32.2. The number of aromatic nitrogens is 2. The number of rotatable bonds is 2. The van der Waals surface area contributed by atoms with E-state index in [1.807, 2.05) is 36.9 Å². The molecule has 1 aromatic heterocycles. The van der Waals surface area contributed by atoms with Crippen LogP contribution >= 0.6 is 11.8 Å². The largest absolute Gasteiger partial charge is 0.399 e. The minimum Gasteiger partial charge on any atom is -0.399 e. The minimum atomic E-state index is -0.0645. The maximum absolute atomic E-state index is 5.74. The SMILES string of the molecule is Cc1cc(N)ccc1-c1nc(C2CSCCO2)no1. The summed E-state index contributed by atoms with van der Waals surface area (Å²) in [4.78, 5) is 4.44. The molecule has 1 saturated heterocycles. The minimum absolute atomic E-state index is 0.0645. The van der Waals surface area contributed by atoms with E-state index in [1.165, 1.54) is 0 Å². The lowest BCUT2D eigenvalue weighted by atomic mass is 10.1. The second-order valence-electron chi connectivity index (χ2n) is 4.47. The first-order chi connectivity index (χ1) is 9.24. The Morgan fingerprint density at radius 1 is 1.42 bits per heavy atom. The Morgan fingerprint density at radius 3 is 3.05 bits per heavy atom. The highest BCUT2D eigenvalue weighted by Crippen LogP contribution is 2.28. The Labute approximate surface area is 115 Å². The lowest BCUT2D eigenvalue weighted by molar-refractivity contribution is 0.0677. The lowest BCUT2D eigenvalue weighted by Crippen LogP contribution is -2.16. The molecule has 100 valence electrons. The summed E-state index contributed by atoms with van der Waals surface area (Å²) in [6.45, 7) is 2.71. The van der Waals surface area contributed by atoms with E-state index in [-0.39, 0.29) is 6.10 Å². The van der Waals surface area contributed by atoms with E-state index in [1.54, 1.807) is 0 Å². The van der Waals surface area contributed by atoms with E-state index in [9.17, 15) is 0 Å². The Morgan fingerprint density at radius 2 is 2.32 bits per heavy atom. The Kier molecular flexibility index (Phi) is 3.44. The monoisotopic (exact) mass is 277 g/mol. The van der Waals surface area contributed by atoms with E-state index < -0.39 is 0 Å². The van der Waals surface area contributed by atoms with E-state index in [0.29, 0.717) is 11.7 Å². The van der Waals surface area contributed by atoms with Crippen molar-refractivity contribution in [2.75, 3.05) is 23.8 Å². The molecule has 2 aromatic rings. The van der Waals surface area contributed by atoms with Crippen molar-refractivity contribution < 1.29 is 9.26 Å². The number of nitrogens with zero attached hydrogens (tertiary/aromatic N) is 2. The smallest absolute Gasteiger partial charge is 0.258 e. The summed E-state index contributed by atoms with van der Waals surface area (Å²) in [5.41, 5.74) is 8.40. The molecule has 0 amide bonds. The van der Waals surface area contributed by atoms with Gasteiger partial charge < -0.3 is 15.0 Å². The molecule has 1 fully saturated rings. The molecule has 2 heterocycles. The summed E-state index contributed by atoms with van der Waals surface area (Å²) in [6, 6.07) is 5.63. The molecule has 5 nitrogen and oxygen atoms in total. The standard InChI is InChI=1S/C13H15N3O2S/c1-8-6-9(14)2-3-10(8)13-15-12(16-18-13)11-7-19-5-4-17-11/h2-3,6,11H,4-5,7,14H2,1H3. The number of benzene rings is 1. The summed E-state index contributed by atoms with van der Waals surface area (Å²) in [6.07, 6.45) is -0.0645. The van der Waals surface area contributed by atoms with E-state index in [0.717, 1.165) is 34.9 Å². The molecule has 0 radical (unpaired) electrons. The first-order valence-electron chi connectivity index (χ1n) is 6.13. The molecule has 6 heteroatoms. The van der Waals surface area contributed by atoms with Crippen LogP contribution in [0.2, 0.25) is 0 Å². The second kappa shape index (κ2) is 5.22.